The first-order valence-electron chi connectivity index (χ1n) is 7.17. The smallest absolute Gasteiger partial charge is 0.354 e. The average molecular weight is 291 g/mol. The number of carbonyl (C=O) groups excluding carboxylic acids is 1. The Morgan fingerprint density at radius 1 is 1.38 bits per heavy atom. The third-order valence-corrected chi connectivity index (χ3v) is 4.09. The van der Waals surface area contributed by atoms with Gasteiger partial charge in [0.25, 0.3) is 0 Å². The first-order chi connectivity index (χ1) is 9.90. The number of pyridine rings is 1. The van der Waals surface area contributed by atoms with Crippen molar-refractivity contribution < 1.29 is 14.7 Å². The van der Waals surface area contributed by atoms with E-state index < -0.39 is 5.97 Å². The van der Waals surface area contributed by atoms with E-state index >= 15 is 0 Å². The number of carbonyl (C=O) groups is 2. The van der Waals surface area contributed by atoms with Crippen molar-refractivity contribution in [2.45, 2.75) is 51.7 Å². The van der Waals surface area contributed by atoms with Crippen molar-refractivity contribution in [3.8, 4) is 0 Å². The molecule has 1 amide bonds. The van der Waals surface area contributed by atoms with E-state index in [-0.39, 0.29) is 17.6 Å². The van der Waals surface area contributed by atoms with Crippen molar-refractivity contribution in [3.05, 3.63) is 24.0 Å². The molecule has 3 unspecified atom stereocenters. The normalized spacial score (nSPS) is 23.8. The summed E-state index contributed by atoms with van der Waals surface area (Å²) in [6.45, 7) is 6.14. The first-order valence-corrected chi connectivity index (χ1v) is 7.17. The van der Waals surface area contributed by atoms with Gasteiger partial charge in [0.1, 0.15) is 5.69 Å². The lowest BCUT2D eigenvalue weighted by atomic mass is 10.2. The summed E-state index contributed by atoms with van der Waals surface area (Å²) >= 11 is 0. The molecular weight excluding hydrogens is 270 g/mol. The number of likely N-dealkylation sites (tertiary alicyclic amines) is 1. The maximum absolute atomic E-state index is 12.4. The van der Waals surface area contributed by atoms with Crippen molar-refractivity contribution in [3.63, 3.8) is 0 Å². The quantitative estimate of drug-likeness (QED) is 0.886. The highest BCUT2D eigenvalue weighted by Gasteiger charge is 2.34. The number of hydrogen-bond acceptors (Lipinski definition) is 4. The summed E-state index contributed by atoms with van der Waals surface area (Å²) in [5, 5.41) is 11.7. The molecule has 2 N–H and O–H groups in total. The highest BCUT2D eigenvalue weighted by atomic mass is 16.4. The van der Waals surface area contributed by atoms with Crippen molar-refractivity contribution in [1.82, 2.24) is 9.88 Å². The molecule has 1 fully saturated rings. The minimum absolute atomic E-state index is 0.0802. The van der Waals surface area contributed by atoms with E-state index in [9.17, 15) is 9.59 Å². The zero-order valence-electron chi connectivity index (χ0n) is 12.5. The van der Waals surface area contributed by atoms with E-state index in [0.29, 0.717) is 17.8 Å². The number of hydrogen-bond donors (Lipinski definition) is 2. The van der Waals surface area contributed by atoms with Crippen LogP contribution in [0.15, 0.2) is 18.3 Å². The van der Waals surface area contributed by atoms with Crippen LogP contribution in [-0.2, 0) is 4.79 Å². The summed E-state index contributed by atoms with van der Waals surface area (Å²) in [5.74, 6) is -1.24. The van der Waals surface area contributed by atoms with Crippen molar-refractivity contribution >= 4 is 17.6 Å². The molecule has 3 atom stereocenters. The molecule has 1 saturated heterocycles. The molecule has 2 heterocycles. The van der Waals surface area contributed by atoms with Crippen molar-refractivity contribution in [2.75, 3.05) is 5.32 Å². The Balaban J connectivity index is 2.07. The predicted octanol–water partition coefficient (Wildman–Crippen LogP) is 1.98. The van der Waals surface area contributed by atoms with Gasteiger partial charge in [-0.2, -0.15) is 0 Å². The molecule has 0 aliphatic carbocycles. The molecule has 6 heteroatoms. The van der Waals surface area contributed by atoms with Gasteiger partial charge >= 0.3 is 5.97 Å². The zero-order valence-corrected chi connectivity index (χ0v) is 12.5. The summed E-state index contributed by atoms with van der Waals surface area (Å²) < 4.78 is 0. The minimum Gasteiger partial charge on any atom is -0.477 e. The third-order valence-electron chi connectivity index (χ3n) is 4.09. The fourth-order valence-corrected chi connectivity index (χ4v) is 2.99. The molecular formula is C15H21N3O3. The Kier molecular flexibility index (Phi) is 4.57. The molecule has 114 valence electrons. The summed E-state index contributed by atoms with van der Waals surface area (Å²) in [6, 6.07) is 3.47. The first kappa shape index (κ1) is 15.4. The molecule has 1 aromatic heterocycles. The largest absolute Gasteiger partial charge is 0.477 e. The molecule has 0 radical (unpaired) electrons. The number of carboxylic acid groups (broad SMARTS) is 1. The van der Waals surface area contributed by atoms with Gasteiger partial charge in [-0.15, -0.1) is 0 Å². The maximum atomic E-state index is 12.4. The van der Waals surface area contributed by atoms with Crippen LogP contribution in [0.5, 0.6) is 0 Å². The van der Waals surface area contributed by atoms with Crippen LogP contribution in [0.3, 0.4) is 0 Å². The molecule has 1 aliphatic heterocycles. The minimum atomic E-state index is -1.11. The summed E-state index contributed by atoms with van der Waals surface area (Å²) in [4.78, 5) is 29.2. The second kappa shape index (κ2) is 6.22. The van der Waals surface area contributed by atoms with Gasteiger partial charge in [-0.25, -0.2) is 9.78 Å². The molecule has 0 saturated carbocycles. The van der Waals surface area contributed by atoms with E-state index in [1.165, 1.54) is 12.3 Å². The van der Waals surface area contributed by atoms with Gasteiger partial charge in [0.15, 0.2) is 0 Å². The molecule has 21 heavy (non-hydrogen) atoms. The van der Waals surface area contributed by atoms with E-state index in [1.807, 2.05) is 6.92 Å². The van der Waals surface area contributed by atoms with Gasteiger partial charge in [0, 0.05) is 24.0 Å². The van der Waals surface area contributed by atoms with Gasteiger partial charge in [0.2, 0.25) is 5.91 Å². The lowest BCUT2D eigenvalue weighted by Gasteiger charge is -2.31. The summed E-state index contributed by atoms with van der Waals surface area (Å²) in [6.07, 6.45) is 3.57. The number of anilines is 1. The van der Waals surface area contributed by atoms with E-state index in [2.05, 4.69) is 29.0 Å². The maximum Gasteiger partial charge on any atom is 0.354 e. The lowest BCUT2D eigenvalue weighted by molar-refractivity contribution is -0.121. The van der Waals surface area contributed by atoms with Crippen LogP contribution in [0, 0.1) is 0 Å². The van der Waals surface area contributed by atoms with Crippen LogP contribution in [0.25, 0.3) is 0 Å². The second-order valence-electron chi connectivity index (χ2n) is 5.62. The molecule has 1 aromatic rings. The van der Waals surface area contributed by atoms with Crippen LogP contribution < -0.4 is 5.32 Å². The van der Waals surface area contributed by atoms with Crippen LogP contribution in [-0.4, -0.2) is 45.0 Å². The molecule has 0 bridgehead atoms. The van der Waals surface area contributed by atoms with E-state index in [1.54, 1.807) is 6.07 Å². The summed E-state index contributed by atoms with van der Waals surface area (Å²) in [7, 11) is 0. The lowest BCUT2D eigenvalue weighted by Crippen LogP contribution is -2.46. The Labute approximate surface area is 124 Å². The number of carboxylic acids is 1. The summed E-state index contributed by atoms with van der Waals surface area (Å²) in [5.41, 5.74) is 0.377. The van der Waals surface area contributed by atoms with Gasteiger partial charge < -0.3 is 10.4 Å². The second-order valence-corrected chi connectivity index (χ2v) is 5.62. The topological polar surface area (TPSA) is 82.5 Å². The fraction of sp³-hybridized carbons (Fsp3) is 0.533. The standard InChI is InChI=1S/C15H21N3O3/c1-9-4-5-10(2)18(9)11(3)14(19)17-12-6-7-16-13(8-12)15(20)21/h6-11H,4-5H2,1-3H3,(H,20,21)(H,16,17,19). The fourth-order valence-electron chi connectivity index (χ4n) is 2.99. The number of rotatable bonds is 4. The van der Waals surface area contributed by atoms with Gasteiger partial charge in [-0.1, -0.05) is 0 Å². The zero-order chi connectivity index (χ0) is 15.6. The van der Waals surface area contributed by atoms with Gasteiger partial charge in [-0.05, 0) is 45.7 Å². The number of nitrogens with one attached hydrogen (secondary N) is 1. The molecule has 2 rings (SSSR count). The third kappa shape index (κ3) is 3.39. The van der Waals surface area contributed by atoms with Gasteiger partial charge in [-0.3, -0.25) is 9.69 Å². The van der Waals surface area contributed by atoms with Crippen LogP contribution >= 0.6 is 0 Å². The van der Waals surface area contributed by atoms with Crippen molar-refractivity contribution in [2.24, 2.45) is 0 Å². The Bertz CT molecular complexity index is 537. The number of aromatic carboxylic acids is 1. The highest BCUT2D eigenvalue weighted by Crippen LogP contribution is 2.26. The Morgan fingerprint density at radius 2 is 2.00 bits per heavy atom. The number of aromatic nitrogens is 1. The van der Waals surface area contributed by atoms with Crippen LogP contribution in [0.4, 0.5) is 5.69 Å². The monoisotopic (exact) mass is 291 g/mol. The Hall–Kier alpha value is -1.95. The van der Waals surface area contributed by atoms with Gasteiger partial charge in [0.05, 0.1) is 6.04 Å². The number of amides is 1. The Morgan fingerprint density at radius 3 is 2.57 bits per heavy atom. The SMILES string of the molecule is CC1CCC(C)N1C(C)C(=O)Nc1ccnc(C(=O)O)c1. The highest BCUT2D eigenvalue weighted by molar-refractivity contribution is 5.95. The molecule has 6 nitrogen and oxygen atoms in total. The van der Waals surface area contributed by atoms with E-state index in [4.69, 9.17) is 5.11 Å². The molecule has 0 spiro atoms. The average Bonchev–Trinajstić information content (AvgIpc) is 2.77. The van der Waals surface area contributed by atoms with Crippen molar-refractivity contribution in [1.29, 1.82) is 0 Å². The molecule has 1 aliphatic rings. The number of nitrogens with zero attached hydrogens (tertiary/aromatic N) is 2. The molecule has 0 aromatic carbocycles. The predicted molar refractivity (Wildman–Crippen MR) is 79.3 cm³/mol. The van der Waals surface area contributed by atoms with E-state index in [0.717, 1.165) is 12.8 Å². The van der Waals surface area contributed by atoms with Crippen LogP contribution in [0.2, 0.25) is 0 Å². The van der Waals surface area contributed by atoms with Crippen LogP contribution in [0.1, 0.15) is 44.1 Å².